The number of aliphatic carboxylic acids is 1. The first kappa shape index (κ1) is 13.3. The Labute approximate surface area is 98.7 Å². The van der Waals surface area contributed by atoms with Crippen LogP contribution in [0.15, 0.2) is 11.6 Å². The van der Waals surface area contributed by atoms with Crippen LogP contribution in [-0.2, 0) is 4.79 Å². The second-order valence-corrected chi connectivity index (χ2v) is 5.01. The van der Waals surface area contributed by atoms with Crippen LogP contribution >= 0.6 is 0 Å². The lowest BCUT2D eigenvalue weighted by molar-refractivity contribution is -0.132. The molecule has 92 valence electrons. The quantitative estimate of drug-likeness (QED) is 0.716. The standard InChI is InChI=1S/C14H24O2/c1-3-7-13(10-11(2)14(15)16)12-8-5-4-6-9-12/h10,12-13H,3-9H2,1-2H3,(H,15,16). The number of allylic oxidation sites excluding steroid dienone is 1. The van der Waals surface area contributed by atoms with Crippen molar-refractivity contribution in [3.8, 4) is 0 Å². The van der Waals surface area contributed by atoms with E-state index in [4.69, 9.17) is 5.11 Å². The van der Waals surface area contributed by atoms with Gasteiger partial charge in [-0.1, -0.05) is 38.7 Å². The molecule has 1 unspecified atom stereocenters. The normalized spacial score (nSPS) is 20.8. The molecule has 1 aliphatic rings. The van der Waals surface area contributed by atoms with Crippen LogP contribution in [0.4, 0.5) is 0 Å². The van der Waals surface area contributed by atoms with Crippen LogP contribution in [-0.4, -0.2) is 11.1 Å². The molecular weight excluding hydrogens is 200 g/mol. The largest absolute Gasteiger partial charge is 0.478 e. The van der Waals surface area contributed by atoms with E-state index in [1.165, 1.54) is 32.1 Å². The highest BCUT2D eigenvalue weighted by Gasteiger charge is 2.22. The maximum absolute atomic E-state index is 10.9. The minimum absolute atomic E-state index is 0.487. The van der Waals surface area contributed by atoms with Gasteiger partial charge in [0.25, 0.3) is 0 Å². The van der Waals surface area contributed by atoms with Crippen LogP contribution in [0.1, 0.15) is 58.8 Å². The molecule has 1 rings (SSSR count). The van der Waals surface area contributed by atoms with E-state index in [0.29, 0.717) is 11.5 Å². The summed E-state index contributed by atoms with van der Waals surface area (Å²) in [6.45, 7) is 3.90. The summed E-state index contributed by atoms with van der Waals surface area (Å²) in [5, 5.41) is 8.93. The predicted molar refractivity (Wildman–Crippen MR) is 66.4 cm³/mol. The second-order valence-electron chi connectivity index (χ2n) is 5.01. The van der Waals surface area contributed by atoms with Gasteiger partial charge in [0.1, 0.15) is 0 Å². The molecule has 2 heteroatoms. The summed E-state index contributed by atoms with van der Waals surface area (Å²) in [4.78, 5) is 10.9. The molecule has 0 heterocycles. The number of carbonyl (C=O) groups is 1. The van der Waals surface area contributed by atoms with Gasteiger partial charge < -0.3 is 5.11 Å². The van der Waals surface area contributed by atoms with E-state index in [9.17, 15) is 4.79 Å². The zero-order valence-electron chi connectivity index (χ0n) is 10.5. The number of hydrogen-bond donors (Lipinski definition) is 1. The highest BCUT2D eigenvalue weighted by atomic mass is 16.4. The van der Waals surface area contributed by atoms with Crippen LogP contribution in [0, 0.1) is 11.8 Å². The summed E-state index contributed by atoms with van der Waals surface area (Å²) < 4.78 is 0. The van der Waals surface area contributed by atoms with Crippen molar-refractivity contribution >= 4 is 5.97 Å². The van der Waals surface area contributed by atoms with E-state index in [1.807, 2.05) is 6.08 Å². The van der Waals surface area contributed by atoms with Gasteiger partial charge in [-0.3, -0.25) is 0 Å². The summed E-state index contributed by atoms with van der Waals surface area (Å²) >= 11 is 0. The van der Waals surface area contributed by atoms with Crippen molar-refractivity contribution in [3.05, 3.63) is 11.6 Å². The SMILES string of the molecule is CCCC(C=C(C)C(=O)O)C1CCCCC1. The smallest absolute Gasteiger partial charge is 0.330 e. The lowest BCUT2D eigenvalue weighted by atomic mass is 9.77. The van der Waals surface area contributed by atoms with Crippen molar-refractivity contribution in [2.75, 3.05) is 0 Å². The lowest BCUT2D eigenvalue weighted by Gasteiger charge is -2.28. The maximum atomic E-state index is 10.9. The molecule has 0 aromatic rings. The molecule has 16 heavy (non-hydrogen) atoms. The Morgan fingerprint density at radius 1 is 1.38 bits per heavy atom. The highest BCUT2D eigenvalue weighted by molar-refractivity contribution is 5.85. The number of rotatable bonds is 5. The molecule has 0 bridgehead atoms. The molecule has 1 aliphatic carbocycles. The van der Waals surface area contributed by atoms with E-state index >= 15 is 0 Å². The van der Waals surface area contributed by atoms with Gasteiger partial charge >= 0.3 is 5.97 Å². The van der Waals surface area contributed by atoms with Crippen LogP contribution in [0.2, 0.25) is 0 Å². The molecule has 0 aromatic carbocycles. The van der Waals surface area contributed by atoms with Gasteiger partial charge in [0.2, 0.25) is 0 Å². The Bertz CT molecular complexity index is 249. The molecule has 0 amide bonds. The monoisotopic (exact) mass is 224 g/mol. The first-order valence-corrected chi connectivity index (χ1v) is 6.56. The van der Waals surface area contributed by atoms with E-state index < -0.39 is 5.97 Å². The Morgan fingerprint density at radius 2 is 2.00 bits per heavy atom. The molecule has 2 nitrogen and oxygen atoms in total. The highest BCUT2D eigenvalue weighted by Crippen LogP contribution is 2.33. The first-order chi connectivity index (χ1) is 7.65. The zero-order chi connectivity index (χ0) is 12.0. The van der Waals surface area contributed by atoms with Crippen LogP contribution in [0.3, 0.4) is 0 Å². The van der Waals surface area contributed by atoms with Crippen molar-refractivity contribution in [1.29, 1.82) is 0 Å². The van der Waals surface area contributed by atoms with E-state index in [0.717, 1.165) is 18.8 Å². The van der Waals surface area contributed by atoms with Gasteiger partial charge in [-0.2, -0.15) is 0 Å². The van der Waals surface area contributed by atoms with Gasteiger partial charge in [0.15, 0.2) is 0 Å². The number of carboxylic acid groups (broad SMARTS) is 1. The first-order valence-electron chi connectivity index (χ1n) is 6.56. The van der Waals surface area contributed by atoms with Gasteiger partial charge in [0.05, 0.1) is 0 Å². The third-order valence-corrected chi connectivity index (χ3v) is 3.68. The van der Waals surface area contributed by atoms with Crippen molar-refractivity contribution in [2.24, 2.45) is 11.8 Å². The zero-order valence-corrected chi connectivity index (χ0v) is 10.5. The summed E-state index contributed by atoms with van der Waals surface area (Å²) in [7, 11) is 0. The predicted octanol–water partition coefficient (Wildman–Crippen LogP) is 4.01. The minimum Gasteiger partial charge on any atom is -0.478 e. The fourth-order valence-corrected chi connectivity index (χ4v) is 2.74. The van der Waals surface area contributed by atoms with E-state index in [-0.39, 0.29) is 0 Å². The third kappa shape index (κ3) is 3.99. The van der Waals surface area contributed by atoms with Crippen molar-refractivity contribution in [1.82, 2.24) is 0 Å². The van der Waals surface area contributed by atoms with E-state index in [2.05, 4.69) is 6.92 Å². The Balaban J connectivity index is 2.65. The number of hydrogen-bond acceptors (Lipinski definition) is 1. The van der Waals surface area contributed by atoms with Crippen molar-refractivity contribution in [2.45, 2.75) is 58.8 Å². The molecule has 0 aliphatic heterocycles. The van der Waals surface area contributed by atoms with Gasteiger partial charge in [-0.25, -0.2) is 4.79 Å². The summed E-state index contributed by atoms with van der Waals surface area (Å²) in [6.07, 6.45) is 10.9. The number of carboxylic acids is 1. The van der Waals surface area contributed by atoms with Crippen LogP contribution < -0.4 is 0 Å². The molecule has 1 saturated carbocycles. The molecule has 0 radical (unpaired) electrons. The average Bonchev–Trinajstić information content (AvgIpc) is 2.29. The van der Waals surface area contributed by atoms with E-state index in [1.54, 1.807) is 6.92 Å². The topological polar surface area (TPSA) is 37.3 Å². The fraction of sp³-hybridized carbons (Fsp3) is 0.786. The van der Waals surface area contributed by atoms with Gasteiger partial charge in [-0.05, 0) is 38.0 Å². The molecule has 0 spiro atoms. The van der Waals surface area contributed by atoms with Gasteiger partial charge in [-0.15, -0.1) is 0 Å². The Hall–Kier alpha value is -0.790. The third-order valence-electron chi connectivity index (χ3n) is 3.68. The second kappa shape index (κ2) is 6.72. The summed E-state index contributed by atoms with van der Waals surface area (Å²) in [5.41, 5.74) is 0.518. The summed E-state index contributed by atoms with van der Waals surface area (Å²) in [6, 6.07) is 0. The molecule has 0 saturated heterocycles. The van der Waals surface area contributed by atoms with Crippen LogP contribution in [0.5, 0.6) is 0 Å². The molecule has 1 fully saturated rings. The molecule has 1 N–H and O–H groups in total. The Morgan fingerprint density at radius 3 is 2.50 bits per heavy atom. The maximum Gasteiger partial charge on any atom is 0.330 e. The fourth-order valence-electron chi connectivity index (χ4n) is 2.74. The van der Waals surface area contributed by atoms with Crippen LogP contribution in [0.25, 0.3) is 0 Å². The van der Waals surface area contributed by atoms with Crippen molar-refractivity contribution in [3.63, 3.8) is 0 Å². The van der Waals surface area contributed by atoms with Gasteiger partial charge in [0, 0.05) is 5.57 Å². The minimum atomic E-state index is -0.767. The average molecular weight is 224 g/mol. The summed E-state index contributed by atoms with van der Waals surface area (Å²) in [5.74, 6) is 0.446. The Kier molecular flexibility index (Phi) is 5.58. The lowest BCUT2D eigenvalue weighted by Crippen LogP contribution is -2.17. The van der Waals surface area contributed by atoms with Crippen molar-refractivity contribution < 1.29 is 9.90 Å². The molecule has 1 atom stereocenters. The molecule has 0 aromatic heterocycles. The molecular formula is C14H24O2.